The van der Waals surface area contributed by atoms with Crippen LogP contribution in [0, 0.1) is 0 Å². The minimum Gasteiger partial charge on any atom is -0.486 e. The van der Waals surface area contributed by atoms with E-state index in [2.05, 4.69) is 4.40 Å². The molecular formula is C22H21N3O5S2. The van der Waals surface area contributed by atoms with Gasteiger partial charge in [-0.25, -0.2) is 8.42 Å². The summed E-state index contributed by atoms with van der Waals surface area (Å²) >= 11 is 1.30. The molecule has 6 rings (SSSR count). The lowest BCUT2D eigenvalue weighted by Gasteiger charge is -2.27. The van der Waals surface area contributed by atoms with Crippen molar-refractivity contribution in [2.75, 3.05) is 37.0 Å². The Bertz CT molecular complexity index is 1260. The maximum atomic E-state index is 13.5. The van der Waals surface area contributed by atoms with Crippen molar-refractivity contribution in [1.29, 1.82) is 0 Å². The van der Waals surface area contributed by atoms with E-state index in [0.29, 0.717) is 37.0 Å². The lowest BCUT2D eigenvalue weighted by molar-refractivity contribution is 0.0735. The molecule has 4 aliphatic heterocycles. The highest BCUT2D eigenvalue weighted by atomic mass is 32.2. The van der Waals surface area contributed by atoms with Crippen molar-refractivity contribution < 1.29 is 22.7 Å². The second kappa shape index (κ2) is 7.41. The van der Waals surface area contributed by atoms with E-state index in [1.54, 1.807) is 0 Å². The number of carbonyl (C=O) groups excluding carboxylic acids is 1. The summed E-state index contributed by atoms with van der Waals surface area (Å²) in [5.41, 5.74) is 2.56. The largest absolute Gasteiger partial charge is 0.486 e. The van der Waals surface area contributed by atoms with Crippen LogP contribution in [0.2, 0.25) is 0 Å². The van der Waals surface area contributed by atoms with Crippen molar-refractivity contribution in [3.05, 3.63) is 47.5 Å². The van der Waals surface area contributed by atoms with Gasteiger partial charge < -0.3 is 19.3 Å². The summed E-state index contributed by atoms with van der Waals surface area (Å²) in [6.07, 6.45) is 1.83. The zero-order valence-electron chi connectivity index (χ0n) is 17.2. The topological polar surface area (TPSA) is 88.5 Å². The first kappa shape index (κ1) is 19.9. The molecule has 0 aromatic heterocycles. The third-order valence-electron chi connectivity index (χ3n) is 6.18. The van der Waals surface area contributed by atoms with Crippen LogP contribution < -0.4 is 14.4 Å². The van der Waals surface area contributed by atoms with Crippen LogP contribution in [0.3, 0.4) is 0 Å². The molecule has 0 spiro atoms. The Kier molecular flexibility index (Phi) is 4.62. The molecule has 32 heavy (non-hydrogen) atoms. The molecule has 10 heteroatoms. The van der Waals surface area contributed by atoms with Gasteiger partial charge in [-0.15, -0.1) is 4.40 Å². The Balaban J connectivity index is 1.27. The lowest BCUT2D eigenvalue weighted by atomic mass is 10.0. The van der Waals surface area contributed by atoms with Gasteiger partial charge in [-0.3, -0.25) is 4.79 Å². The van der Waals surface area contributed by atoms with Crippen LogP contribution in [-0.2, 0) is 10.0 Å². The van der Waals surface area contributed by atoms with E-state index in [0.717, 1.165) is 40.5 Å². The van der Waals surface area contributed by atoms with Crippen molar-refractivity contribution in [3.63, 3.8) is 0 Å². The number of anilines is 1. The quantitative estimate of drug-likeness (QED) is 0.665. The number of thioether (sulfide) groups is 1. The number of nitrogens with zero attached hydrogens (tertiary/aromatic N) is 3. The molecule has 1 fully saturated rings. The van der Waals surface area contributed by atoms with Gasteiger partial charge in [0.1, 0.15) is 13.2 Å². The number of hydrogen-bond donors (Lipinski definition) is 0. The molecular weight excluding hydrogens is 450 g/mol. The molecule has 2 aromatic carbocycles. The van der Waals surface area contributed by atoms with Gasteiger partial charge in [0.25, 0.3) is 15.9 Å². The van der Waals surface area contributed by atoms with Crippen LogP contribution in [0.4, 0.5) is 5.69 Å². The van der Waals surface area contributed by atoms with Gasteiger partial charge in [-0.1, -0.05) is 6.07 Å². The predicted octanol–water partition coefficient (Wildman–Crippen LogP) is 3.05. The second-order valence-electron chi connectivity index (χ2n) is 8.16. The number of ether oxygens (including phenoxy) is 2. The first-order chi connectivity index (χ1) is 15.5. The number of rotatable bonds is 2. The molecule has 0 saturated carbocycles. The average Bonchev–Trinajstić information content (AvgIpc) is 3.41. The first-order valence-corrected chi connectivity index (χ1v) is 13.0. The standard InChI is InChI=1S/C22H21N3O5S2/c26-21(15-3-5-17-20(13-15)31-22-23-32(27,28)11-8-25(17)22)24-7-1-2-16(24)14-4-6-18-19(12-14)30-10-9-29-18/h3-6,12-13,16H,1-2,7-11H2. The fourth-order valence-corrected chi connectivity index (χ4v) is 6.95. The van der Waals surface area contributed by atoms with Gasteiger partial charge in [0.15, 0.2) is 16.7 Å². The van der Waals surface area contributed by atoms with Gasteiger partial charge in [-0.05, 0) is 60.5 Å². The van der Waals surface area contributed by atoms with E-state index >= 15 is 0 Å². The van der Waals surface area contributed by atoms with Crippen LogP contribution >= 0.6 is 11.8 Å². The summed E-state index contributed by atoms with van der Waals surface area (Å²) in [6.45, 7) is 2.15. The highest BCUT2D eigenvalue weighted by Crippen LogP contribution is 2.43. The molecule has 2 aromatic rings. The summed E-state index contributed by atoms with van der Waals surface area (Å²) in [7, 11) is -3.41. The van der Waals surface area contributed by atoms with Gasteiger partial charge in [0.05, 0.1) is 17.5 Å². The van der Waals surface area contributed by atoms with Gasteiger partial charge >= 0.3 is 0 Å². The molecule has 8 nitrogen and oxygen atoms in total. The van der Waals surface area contributed by atoms with Crippen molar-refractivity contribution in [3.8, 4) is 11.5 Å². The molecule has 1 saturated heterocycles. The normalized spacial score (nSPS) is 22.9. The Morgan fingerprint density at radius 1 is 1.06 bits per heavy atom. The fraction of sp³-hybridized carbons (Fsp3) is 0.364. The molecule has 4 aliphatic rings. The molecule has 0 bridgehead atoms. The average molecular weight is 472 g/mol. The van der Waals surface area contributed by atoms with E-state index in [9.17, 15) is 13.2 Å². The van der Waals surface area contributed by atoms with Gasteiger partial charge in [-0.2, -0.15) is 0 Å². The molecule has 1 unspecified atom stereocenters. The number of carbonyl (C=O) groups is 1. The minimum atomic E-state index is -3.41. The van der Waals surface area contributed by atoms with Gasteiger partial charge in [0, 0.05) is 23.5 Å². The summed E-state index contributed by atoms with van der Waals surface area (Å²) in [4.78, 5) is 18.1. The number of benzene rings is 2. The van der Waals surface area contributed by atoms with E-state index in [1.807, 2.05) is 46.2 Å². The Morgan fingerprint density at radius 2 is 1.91 bits per heavy atom. The van der Waals surface area contributed by atoms with Crippen LogP contribution in [0.5, 0.6) is 11.5 Å². The predicted molar refractivity (Wildman–Crippen MR) is 121 cm³/mol. The summed E-state index contributed by atoms with van der Waals surface area (Å²) in [6, 6.07) is 11.5. The minimum absolute atomic E-state index is 0.00215. The van der Waals surface area contributed by atoms with Crippen molar-refractivity contribution >= 4 is 38.5 Å². The maximum absolute atomic E-state index is 13.5. The van der Waals surface area contributed by atoms with Crippen LogP contribution in [-0.4, -0.2) is 56.4 Å². The van der Waals surface area contributed by atoms with Crippen molar-refractivity contribution in [2.24, 2.45) is 4.40 Å². The Hall–Kier alpha value is -2.72. The van der Waals surface area contributed by atoms with E-state index in [4.69, 9.17) is 9.47 Å². The molecule has 1 amide bonds. The first-order valence-electron chi connectivity index (χ1n) is 10.6. The number of likely N-dealkylation sites (tertiary alicyclic amines) is 1. The highest BCUT2D eigenvalue weighted by molar-refractivity contribution is 8.15. The molecule has 4 heterocycles. The van der Waals surface area contributed by atoms with Crippen LogP contribution in [0.25, 0.3) is 0 Å². The SMILES string of the molecule is O=C(c1ccc2c(c1)SC1=NS(=O)(=O)CCN12)N1CCCC1c1ccc2c(c1)OCCO2. The van der Waals surface area contributed by atoms with Crippen molar-refractivity contribution in [2.45, 2.75) is 23.8 Å². The third-order valence-corrected chi connectivity index (χ3v) is 8.49. The molecule has 166 valence electrons. The highest BCUT2D eigenvalue weighted by Gasteiger charge is 2.35. The second-order valence-corrected chi connectivity index (χ2v) is 10.9. The summed E-state index contributed by atoms with van der Waals surface area (Å²) in [5, 5.41) is 0.464. The number of hydrogen-bond acceptors (Lipinski definition) is 7. The number of amidine groups is 1. The van der Waals surface area contributed by atoms with Crippen LogP contribution in [0.15, 0.2) is 45.7 Å². The number of fused-ring (bicyclic) bond motifs is 4. The summed E-state index contributed by atoms with van der Waals surface area (Å²) in [5.74, 6) is 1.45. The van der Waals surface area contributed by atoms with E-state index in [1.165, 1.54) is 11.8 Å². The number of amides is 1. The molecule has 1 atom stereocenters. The molecule has 0 N–H and O–H groups in total. The van der Waals surface area contributed by atoms with E-state index < -0.39 is 10.0 Å². The summed E-state index contributed by atoms with van der Waals surface area (Å²) < 4.78 is 38.9. The molecule has 0 radical (unpaired) electrons. The lowest BCUT2D eigenvalue weighted by Crippen LogP contribution is -2.35. The monoisotopic (exact) mass is 471 g/mol. The third kappa shape index (κ3) is 3.32. The smallest absolute Gasteiger partial charge is 0.257 e. The zero-order valence-corrected chi connectivity index (χ0v) is 18.8. The number of sulfonamides is 1. The van der Waals surface area contributed by atoms with Crippen LogP contribution in [0.1, 0.15) is 34.8 Å². The zero-order chi connectivity index (χ0) is 21.9. The maximum Gasteiger partial charge on any atom is 0.257 e. The van der Waals surface area contributed by atoms with Gasteiger partial charge in [0.2, 0.25) is 0 Å². The Labute approximate surface area is 190 Å². The molecule has 0 aliphatic carbocycles. The van der Waals surface area contributed by atoms with Crippen molar-refractivity contribution in [1.82, 2.24) is 4.90 Å². The fourth-order valence-electron chi connectivity index (χ4n) is 4.65. The van der Waals surface area contributed by atoms with E-state index in [-0.39, 0.29) is 17.7 Å². The Morgan fingerprint density at radius 3 is 2.78 bits per heavy atom.